The number of hydrogen-bond donors (Lipinski definition) is 4. The van der Waals surface area contributed by atoms with Crippen LogP contribution >= 0.6 is 0 Å². The van der Waals surface area contributed by atoms with E-state index in [1.807, 2.05) is 0 Å². The Morgan fingerprint density at radius 2 is 1.73 bits per heavy atom. The van der Waals surface area contributed by atoms with Crippen LogP contribution in [-0.2, 0) is 14.3 Å². The van der Waals surface area contributed by atoms with Crippen LogP contribution in [0.5, 0.6) is 0 Å². The van der Waals surface area contributed by atoms with Crippen molar-refractivity contribution in [3.05, 3.63) is 34.9 Å². The number of ether oxygens (including phenoxy) is 1. The third-order valence-electron chi connectivity index (χ3n) is 12.1. The molecular weight excluding hydrogens is 618 g/mol. The highest BCUT2D eigenvalue weighted by Crippen LogP contribution is 2.65. The van der Waals surface area contributed by atoms with Crippen molar-refractivity contribution in [1.82, 2.24) is 5.32 Å². The number of allylic oxidation sites excluding steroid dienone is 4. The van der Waals surface area contributed by atoms with Gasteiger partial charge in [0.1, 0.15) is 11.9 Å². The van der Waals surface area contributed by atoms with Crippen LogP contribution in [0.2, 0.25) is 0 Å². The first-order valence-electron chi connectivity index (χ1n) is 18.6. The van der Waals surface area contributed by atoms with E-state index in [-0.39, 0.29) is 35.0 Å². The number of aliphatic carboxylic acids is 1. The molecule has 0 radical (unpaired) electrons. The molecule has 1 amide bonds. The largest absolute Gasteiger partial charge is 0.481 e. The van der Waals surface area contributed by atoms with Crippen molar-refractivity contribution >= 4 is 18.3 Å². The van der Waals surface area contributed by atoms with Gasteiger partial charge in [0.2, 0.25) is 0 Å². The first kappa shape index (κ1) is 42.7. The summed E-state index contributed by atoms with van der Waals surface area (Å²) in [7, 11) is 0. The summed E-state index contributed by atoms with van der Waals surface area (Å²) >= 11 is 0. The fourth-order valence-electron chi connectivity index (χ4n) is 9.23. The number of aliphatic hydroxyl groups is 2. The molecule has 0 saturated heterocycles. The van der Waals surface area contributed by atoms with E-state index in [1.165, 1.54) is 42.4 Å². The van der Waals surface area contributed by atoms with Crippen LogP contribution in [0.1, 0.15) is 140 Å². The number of fused-ring (bicyclic) bond motifs is 4. The van der Waals surface area contributed by atoms with Gasteiger partial charge in [-0.25, -0.2) is 4.79 Å². The maximum absolute atomic E-state index is 11.7. The normalized spacial score (nSPS) is 31.3. The summed E-state index contributed by atoms with van der Waals surface area (Å²) in [5.41, 5.74) is 5.35. The molecule has 0 aromatic carbocycles. The molecule has 0 aliphatic heterocycles. The van der Waals surface area contributed by atoms with Gasteiger partial charge in [-0.1, -0.05) is 66.7 Å². The summed E-state index contributed by atoms with van der Waals surface area (Å²) in [4.78, 5) is 29.5. The number of nitrogens with one attached hydrogen (secondary N) is 1. The average Bonchev–Trinajstić information content (AvgIpc) is 2.98. The first-order chi connectivity index (χ1) is 22.5. The molecule has 0 aromatic heterocycles. The zero-order chi connectivity index (χ0) is 37.5. The summed E-state index contributed by atoms with van der Waals surface area (Å²) in [5, 5.41) is 32.1. The van der Waals surface area contributed by atoms with Crippen LogP contribution in [0.4, 0.5) is 4.79 Å². The number of carboxylic acids is 1. The number of amides is 1. The SMILES string of the molecule is C=C(CC[C@@H](C)C1CC=C2C3=C([C@@H](O)CC2(C)C1)C1(C)CC[C@H](O)C(C)(C)C1CC3)C(C)CC.CC(=O)O.CC(C)(C)OC(=O)NCC=O. The molecule has 4 N–H and O–H groups in total. The van der Waals surface area contributed by atoms with Gasteiger partial charge < -0.3 is 30.2 Å². The summed E-state index contributed by atoms with van der Waals surface area (Å²) in [5.74, 6) is 1.63. The molecule has 4 rings (SSSR count). The highest BCUT2D eigenvalue weighted by molar-refractivity contribution is 5.71. The third kappa shape index (κ3) is 10.8. The lowest BCUT2D eigenvalue weighted by Gasteiger charge is -2.60. The Hall–Kier alpha value is -2.45. The summed E-state index contributed by atoms with van der Waals surface area (Å²) in [6.07, 6.45) is 12.9. The second-order valence-corrected chi connectivity index (χ2v) is 17.4. The molecule has 0 aromatic rings. The molecule has 49 heavy (non-hydrogen) atoms. The van der Waals surface area contributed by atoms with Gasteiger partial charge in [-0.15, -0.1) is 0 Å². The summed E-state index contributed by atoms with van der Waals surface area (Å²) < 4.78 is 4.83. The van der Waals surface area contributed by atoms with Crippen molar-refractivity contribution in [2.24, 2.45) is 39.9 Å². The van der Waals surface area contributed by atoms with Crippen molar-refractivity contribution in [2.45, 2.75) is 158 Å². The number of alkyl carbamates (subject to hydrolysis) is 1. The minimum absolute atomic E-state index is 0.00505. The molecule has 8 atom stereocenters. The first-order valence-corrected chi connectivity index (χ1v) is 18.6. The second-order valence-electron chi connectivity index (χ2n) is 17.4. The van der Waals surface area contributed by atoms with Gasteiger partial charge >= 0.3 is 6.09 Å². The molecule has 8 nitrogen and oxygen atoms in total. The zero-order valence-corrected chi connectivity index (χ0v) is 32.6. The van der Waals surface area contributed by atoms with E-state index in [1.54, 1.807) is 26.3 Å². The minimum atomic E-state index is -0.833. The Bertz CT molecular complexity index is 1240. The van der Waals surface area contributed by atoms with E-state index in [4.69, 9.17) is 14.6 Å². The van der Waals surface area contributed by atoms with Gasteiger partial charge in [-0.3, -0.25) is 4.79 Å². The van der Waals surface area contributed by atoms with Crippen LogP contribution < -0.4 is 5.32 Å². The quantitative estimate of drug-likeness (QED) is 0.148. The Morgan fingerprint density at radius 3 is 2.29 bits per heavy atom. The molecule has 8 heteroatoms. The maximum Gasteiger partial charge on any atom is 0.408 e. The standard InChI is InChI=1S/C32H52O2.C7H13NO3.C2H4O2/c1-9-20(2)21(3)10-11-22(4)23-12-14-25-24-13-15-27-30(5,6)28(34)16-17-32(27,8)29(24)26(33)19-31(25,7)18-23;1-7(2,3)11-6(10)8-4-5-9;1-2(3)4/h14,20,22-23,26-28,33-34H,3,9-13,15-19H2,1-2,4-8H3;5H,4H2,1-3H3,(H,8,10);1H3,(H,3,4)/t20?,22-,23?,26+,27?,28+,31?,32?;;/m1../s1. The molecule has 5 unspecified atom stereocenters. The van der Waals surface area contributed by atoms with Gasteiger partial charge in [-0.2, -0.15) is 0 Å². The monoisotopic (exact) mass is 688 g/mol. The van der Waals surface area contributed by atoms with E-state index < -0.39 is 17.7 Å². The van der Waals surface area contributed by atoms with Crippen molar-refractivity contribution in [2.75, 3.05) is 6.54 Å². The Kier molecular flexibility index (Phi) is 15.0. The Labute approximate surface area is 297 Å². The average molecular weight is 688 g/mol. The highest BCUT2D eigenvalue weighted by Gasteiger charge is 2.58. The fourth-order valence-corrected chi connectivity index (χ4v) is 9.23. The lowest BCUT2D eigenvalue weighted by atomic mass is 9.45. The maximum atomic E-state index is 11.7. The summed E-state index contributed by atoms with van der Waals surface area (Å²) in [6.45, 7) is 27.1. The van der Waals surface area contributed by atoms with Crippen LogP contribution in [0.25, 0.3) is 0 Å². The molecule has 280 valence electrons. The van der Waals surface area contributed by atoms with E-state index in [0.717, 1.165) is 45.4 Å². The lowest BCUT2D eigenvalue weighted by Crippen LogP contribution is -2.55. The smallest absolute Gasteiger partial charge is 0.408 e. The van der Waals surface area contributed by atoms with Crippen LogP contribution in [0, 0.1) is 39.9 Å². The molecule has 1 saturated carbocycles. The van der Waals surface area contributed by atoms with Gasteiger partial charge in [0.25, 0.3) is 5.97 Å². The van der Waals surface area contributed by atoms with Crippen LogP contribution in [0.3, 0.4) is 0 Å². The van der Waals surface area contributed by atoms with Crippen molar-refractivity contribution in [3.8, 4) is 0 Å². The van der Waals surface area contributed by atoms with Crippen molar-refractivity contribution in [1.29, 1.82) is 0 Å². The van der Waals surface area contributed by atoms with E-state index in [0.29, 0.717) is 30.0 Å². The number of carboxylic acid groups (broad SMARTS) is 1. The number of aliphatic hydroxyl groups excluding tert-OH is 2. The topological polar surface area (TPSA) is 133 Å². The number of carbonyl (C=O) groups excluding carboxylic acids is 2. The molecule has 1 fully saturated rings. The number of hydrogen-bond acceptors (Lipinski definition) is 6. The van der Waals surface area contributed by atoms with Crippen molar-refractivity contribution in [3.63, 3.8) is 0 Å². The van der Waals surface area contributed by atoms with E-state index in [2.05, 4.69) is 66.4 Å². The minimum Gasteiger partial charge on any atom is -0.481 e. The van der Waals surface area contributed by atoms with Crippen molar-refractivity contribution < 1.29 is 34.4 Å². The molecule has 4 aliphatic rings. The van der Waals surface area contributed by atoms with Crippen LogP contribution in [0.15, 0.2) is 34.9 Å². The fraction of sp³-hybridized carbons (Fsp3) is 0.780. The van der Waals surface area contributed by atoms with Gasteiger partial charge in [0.05, 0.1) is 18.8 Å². The molecule has 0 bridgehead atoms. The molecule has 0 heterocycles. The number of carbonyl (C=O) groups is 3. The second kappa shape index (κ2) is 17.2. The van der Waals surface area contributed by atoms with Gasteiger partial charge in [0.15, 0.2) is 0 Å². The van der Waals surface area contributed by atoms with Gasteiger partial charge in [0, 0.05) is 6.92 Å². The summed E-state index contributed by atoms with van der Waals surface area (Å²) in [6, 6.07) is 0. The Balaban J connectivity index is 0.000000466. The van der Waals surface area contributed by atoms with Crippen LogP contribution in [-0.4, -0.2) is 58.0 Å². The Morgan fingerprint density at radius 1 is 1.12 bits per heavy atom. The number of aldehydes is 1. The molecule has 0 spiro atoms. The lowest BCUT2D eigenvalue weighted by molar-refractivity contribution is -0.134. The molecular formula is C41H69NO7. The van der Waals surface area contributed by atoms with Gasteiger partial charge in [-0.05, 0) is 142 Å². The predicted octanol–water partition coefficient (Wildman–Crippen LogP) is 8.81. The number of rotatable bonds is 8. The zero-order valence-electron chi connectivity index (χ0n) is 32.6. The van der Waals surface area contributed by atoms with E-state index in [9.17, 15) is 19.8 Å². The van der Waals surface area contributed by atoms with E-state index >= 15 is 0 Å². The molecule has 4 aliphatic carbocycles. The predicted molar refractivity (Wildman–Crippen MR) is 197 cm³/mol. The third-order valence-corrected chi connectivity index (χ3v) is 12.1. The highest BCUT2D eigenvalue weighted by atomic mass is 16.6.